The lowest BCUT2D eigenvalue weighted by molar-refractivity contribution is 0.0999. The number of nitrogens with one attached hydrogen (secondary N) is 1. The third-order valence-corrected chi connectivity index (χ3v) is 2.26. The van der Waals surface area contributed by atoms with Crippen molar-refractivity contribution >= 4 is 21.8 Å². The lowest BCUT2D eigenvalue weighted by Gasteiger charge is -1.98. The van der Waals surface area contributed by atoms with E-state index in [0.29, 0.717) is 10.2 Å². The highest BCUT2D eigenvalue weighted by Gasteiger charge is 2.07. The Balaban J connectivity index is 3.43. The minimum atomic E-state index is -0.725. The first-order valence-corrected chi connectivity index (χ1v) is 4.01. The van der Waals surface area contributed by atoms with Crippen LogP contribution >= 0.6 is 15.9 Å². The number of halogens is 1. The summed E-state index contributed by atoms with van der Waals surface area (Å²) in [7, 11) is 0. The summed E-state index contributed by atoms with van der Waals surface area (Å²) < 4.78 is 0.663. The zero-order valence-electron chi connectivity index (χ0n) is 6.35. The van der Waals surface area contributed by atoms with Gasteiger partial charge < -0.3 is 10.7 Å². The predicted octanol–water partition coefficient (Wildman–Crippen LogP) is 0.545. The minimum Gasteiger partial charge on any atom is -0.365 e. The number of nitrogens with two attached hydrogens (primary N) is 1. The highest BCUT2D eigenvalue weighted by Crippen LogP contribution is 2.11. The van der Waals surface area contributed by atoms with Crippen LogP contribution in [0.5, 0.6) is 0 Å². The van der Waals surface area contributed by atoms with Crippen LogP contribution in [-0.4, -0.2) is 10.9 Å². The number of amides is 1. The minimum absolute atomic E-state index is 0.0347. The maximum Gasteiger partial charge on any atom is 0.261 e. The van der Waals surface area contributed by atoms with Crippen molar-refractivity contribution in [3.05, 3.63) is 32.2 Å². The molecule has 0 aliphatic carbocycles. The number of carbonyl (C=O) groups is 1. The summed E-state index contributed by atoms with van der Waals surface area (Å²) in [5, 5.41) is 0. The molecule has 0 spiro atoms. The highest BCUT2D eigenvalue weighted by molar-refractivity contribution is 9.10. The van der Waals surface area contributed by atoms with E-state index in [0.717, 1.165) is 0 Å². The lowest BCUT2D eigenvalue weighted by Crippen LogP contribution is -2.23. The fraction of sp³-hybridized carbons (Fsp3) is 0.143. The second kappa shape index (κ2) is 3.10. The van der Waals surface area contributed by atoms with Gasteiger partial charge in [0, 0.05) is 10.2 Å². The van der Waals surface area contributed by atoms with Gasteiger partial charge in [-0.25, -0.2) is 0 Å². The monoisotopic (exact) mass is 230 g/mol. The maximum atomic E-state index is 11.1. The van der Waals surface area contributed by atoms with E-state index in [9.17, 15) is 9.59 Å². The number of H-pyrrole nitrogens is 1. The first-order valence-electron chi connectivity index (χ1n) is 3.21. The molecule has 0 aromatic carbocycles. The molecule has 0 saturated carbocycles. The Labute approximate surface area is 76.9 Å². The summed E-state index contributed by atoms with van der Waals surface area (Å²) in [5.41, 5.74) is 5.13. The van der Waals surface area contributed by atoms with Crippen molar-refractivity contribution in [1.82, 2.24) is 4.98 Å². The van der Waals surface area contributed by atoms with E-state index in [1.54, 1.807) is 6.92 Å². The number of aromatic nitrogens is 1. The zero-order valence-corrected chi connectivity index (χ0v) is 7.94. The average Bonchev–Trinajstić information content (AvgIpc) is 1.96. The van der Waals surface area contributed by atoms with E-state index in [-0.39, 0.29) is 5.56 Å². The molecular formula is C7H7BrN2O2. The SMILES string of the molecule is Cc1[nH]c(=O)c(C(N)=O)cc1Br. The standard InChI is InChI=1S/C7H7BrN2O2/c1-3-5(8)2-4(6(9)11)7(12)10-3/h2H,1H3,(H2,9,11)(H,10,12). The lowest BCUT2D eigenvalue weighted by atomic mass is 10.2. The first-order chi connectivity index (χ1) is 5.52. The number of primary amides is 1. The summed E-state index contributed by atoms with van der Waals surface area (Å²) in [6, 6.07) is 1.41. The molecule has 1 rings (SSSR count). The second-order valence-corrected chi connectivity index (χ2v) is 3.20. The fourth-order valence-electron chi connectivity index (χ4n) is 0.781. The first kappa shape index (κ1) is 8.99. The molecule has 0 saturated heterocycles. The van der Waals surface area contributed by atoms with E-state index in [4.69, 9.17) is 5.73 Å². The van der Waals surface area contributed by atoms with Crippen LogP contribution in [0.4, 0.5) is 0 Å². The van der Waals surface area contributed by atoms with Crippen molar-refractivity contribution in [1.29, 1.82) is 0 Å². The van der Waals surface area contributed by atoms with Crippen LogP contribution in [0, 0.1) is 6.92 Å². The summed E-state index contributed by atoms with van der Waals surface area (Å²) in [5.74, 6) is -0.725. The molecule has 5 heteroatoms. The molecule has 0 atom stereocenters. The van der Waals surface area contributed by atoms with E-state index < -0.39 is 11.5 Å². The van der Waals surface area contributed by atoms with Gasteiger partial charge in [0.05, 0.1) is 0 Å². The summed E-state index contributed by atoms with van der Waals surface area (Å²) in [6.45, 7) is 1.72. The van der Waals surface area contributed by atoms with Gasteiger partial charge in [0.15, 0.2) is 0 Å². The molecule has 4 nitrogen and oxygen atoms in total. The van der Waals surface area contributed by atoms with Crippen molar-refractivity contribution in [3.8, 4) is 0 Å². The van der Waals surface area contributed by atoms with E-state index in [2.05, 4.69) is 20.9 Å². The molecule has 3 N–H and O–H groups in total. The Kier molecular flexibility index (Phi) is 2.32. The van der Waals surface area contributed by atoms with Gasteiger partial charge in [-0.1, -0.05) is 0 Å². The average molecular weight is 231 g/mol. The van der Waals surface area contributed by atoms with Gasteiger partial charge >= 0.3 is 0 Å². The molecule has 12 heavy (non-hydrogen) atoms. The van der Waals surface area contributed by atoms with E-state index in [1.807, 2.05) is 0 Å². The molecule has 0 aliphatic rings. The van der Waals surface area contributed by atoms with Gasteiger partial charge in [-0.2, -0.15) is 0 Å². The Morgan fingerprint density at radius 1 is 1.67 bits per heavy atom. The van der Waals surface area contributed by atoms with Crippen LogP contribution in [0.25, 0.3) is 0 Å². The Morgan fingerprint density at radius 3 is 2.75 bits per heavy atom. The van der Waals surface area contributed by atoms with Gasteiger partial charge in [0.2, 0.25) is 0 Å². The van der Waals surface area contributed by atoms with Crippen LogP contribution < -0.4 is 11.3 Å². The van der Waals surface area contributed by atoms with Crippen LogP contribution in [0.1, 0.15) is 16.1 Å². The highest BCUT2D eigenvalue weighted by atomic mass is 79.9. The smallest absolute Gasteiger partial charge is 0.261 e. The number of pyridine rings is 1. The van der Waals surface area contributed by atoms with Crippen molar-refractivity contribution < 1.29 is 4.79 Å². The molecule has 1 heterocycles. The van der Waals surface area contributed by atoms with Crippen molar-refractivity contribution in [2.24, 2.45) is 5.73 Å². The second-order valence-electron chi connectivity index (χ2n) is 2.35. The van der Waals surface area contributed by atoms with Crippen molar-refractivity contribution in [3.63, 3.8) is 0 Å². The van der Waals surface area contributed by atoms with E-state index in [1.165, 1.54) is 6.07 Å². The van der Waals surface area contributed by atoms with Gasteiger partial charge in [-0.05, 0) is 28.9 Å². The van der Waals surface area contributed by atoms with Crippen LogP contribution in [0.2, 0.25) is 0 Å². The number of hydrogen-bond acceptors (Lipinski definition) is 2. The molecule has 0 bridgehead atoms. The number of hydrogen-bond donors (Lipinski definition) is 2. The van der Waals surface area contributed by atoms with Gasteiger partial charge in [-0.3, -0.25) is 9.59 Å². The normalized spacial score (nSPS) is 9.83. The Bertz CT molecular complexity index is 383. The van der Waals surface area contributed by atoms with Crippen molar-refractivity contribution in [2.45, 2.75) is 6.92 Å². The summed E-state index contributed by atoms with van der Waals surface area (Å²) >= 11 is 3.17. The number of carbonyl (C=O) groups excluding carboxylic acids is 1. The molecule has 0 radical (unpaired) electrons. The van der Waals surface area contributed by atoms with Gasteiger partial charge in [0.1, 0.15) is 5.56 Å². The fourth-order valence-corrected chi connectivity index (χ4v) is 1.11. The van der Waals surface area contributed by atoms with Gasteiger partial charge in [-0.15, -0.1) is 0 Å². The molecule has 1 aromatic rings. The van der Waals surface area contributed by atoms with Gasteiger partial charge in [0.25, 0.3) is 11.5 Å². The summed E-state index contributed by atoms with van der Waals surface area (Å²) in [4.78, 5) is 24.2. The van der Waals surface area contributed by atoms with E-state index >= 15 is 0 Å². The Hall–Kier alpha value is -1.10. The van der Waals surface area contributed by atoms with Crippen molar-refractivity contribution in [2.75, 3.05) is 0 Å². The predicted molar refractivity (Wildman–Crippen MR) is 48.0 cm³/mol. The number of aryl methyl sites for hydroxylation is 1. The third-order valence-electron chi connectivity index (χ3n) is 1.44. The quantitative estimate of drug-likeness (QED) is 0.740. The topological polar surface area (TPSA) is 75.9 Å². The third kappa shape index (κ3) is 1.55. The maximum absolute atomic E-state index is 11.1. The largest absolute Gasteiger partial charge is 0.365 e. The molecule has 64 valence electrons. The molecule has 1 amide bonds. The summed E-state index contributed by atoms with van der Waals surface area (Å²) in [6.07, 6.45) is 0. The Morgan fingerprint density at radius 2 is 2.25 bits per heavy atom. The molecule has 0 unspecified atom stereocenters. The van der Waals surface area contributed by atoms with Crippen LogP contribution in [-0.2, 0) is 0 Å². The molecule has 0 aliphatic heterocycles. The van der Waals surface area contributed by atoms with Crippen LogP contribution in [0.15, 0.2) is 15.3 Å². The number of aromatic amines is 1. The molecule has 0 fully saturated rings. The number of rotatable bonds is 1. The molecular weight excluding hydrogens is 224 g/mol. The van der Waals surface area contributed by atoms with Crippen LogP contribution in [0.3, 0.4) is 0 Å². The zero-order chi connectivity index (χ0) is 9.30. The molecule has 1 aromatic heterocycles.